The number of piperazine rings is 1. The number of nitrogens with zero attached hydrogens (tertiary/aromatic N) is 4. The van der Waals surface area contributed by atoms with Gasteiger partial charge in [0.15, 0.2) is 0 Å². The summed E-state index contributed by atoms with van der Waals surface area (Å²) in [5, 5.41) is 0. The normalized spacial score (nSPS) is 14.7. The highest BCUT2D eigenvalue weighted by Gasteiger charge is 2.22. The molecular formula is C22H30N4O. The molecule has 3 rings (SSSR count). The van der Waals surface area contributed by atoms with Gasteiger partial charge >= 0.3 is 0 Å². The first-order valence-corrected chi connectivity index (χ1v) is 9.86. The second-order valence-electron chi connectivity index (χ2n) is 7.73. The van der Waals surface area contributed by atoms with Crippen LogP contribution >= 0.6 is 0 Å². The molecule has 2 heterocycles. The molecule has 5 nitrogen and oxygen atoms in total. The van der Waals surface area contributed by atoms with E-state index in [0.29, 0.717) is 12.3 Å². The van der Waals surface area contributed by atoms with Crippen LogP contribution in [0.5, 0.6) is 0 Å². The van der Waals surface area contributed by atoms with E-state index in [-0.39, 0.29) is 5.91 Å². The van der Waals surface area contributed by atoms with E-state index in [9.17, 15) is 4.79 Å². The van der Waals surface area contributed by atoms with Gasteiger partial charge in [0.1, 0.15) is 11.6 Å². The fourth-order valence-corrected chi connectivity index (χ4v) is 3.34. The van der Waals surface area contributed by atoms with E-state index in [1.165, 1.54) is 11.1 Å². The Balaban J connectivity index is 1.54. The lowest BCUT2D eigenvalue weighted by Gasteiger charge is -2.35. The number of hydrogen-bond donors (Lipinski definition) is 0. The molecular weight excluding hydrogens is 336 g/mol. The Morgan fingerprint density at radius 1 is 1.04 bits per heavy atom. The van der Waals surface area contributed by atoms with Crippen molar-refractivity contribution in [3.05, 3.63) is 53.0 Å². The molecule has 1 saturated heterocycles. The maximum atomic E-state index is 12.6. The molecule has 0 N–H and O–H groups in total. The number of rotatable bonds is 5. The van der Waals surface area contributed by atoms with Crippen LogP contribution < -0.4 is 4.90 Å². The van der Waals surface area contributed by atoms with Gasteiger partial charge in [-0.25, -0.2) is 9.97 Å². The van der Waals surface area contributed by atoms with Crippen LogP contribution in [0.15, 0.2) is 30.3 Å². The molecule has 0 spiro atoms. The first-order chi connectivity index (χ1) is 12.9. The molecule has 2 aromatic rings. The van der Waals surface area contributed by atoms with Crippen LogP contribution in [-0.2, 0) is 11.2 Å². The molecule has 0 unspecified atom stereocenters. The fourth-order valence-electron chi connectivity index (χ4n) is 3.34. The van der Waals surface area contributed by atoms with Gasteiger partial charge in [0, 0.05) is 50.3 Å². The molecule has 0 aliphatic carbocycles. The van der Waals surface area contributed by atoms with Crippen LogP contribution in [0, 0.1) is 13.8 Å². The van der Waals surface area contributed by atoms with Crippen LogP contribution in [0.1, 0.15) is 48.8 Å². The van der Waals surface area contributed by atoms with Crippen molar-refractivity contribution in [3.63, 3.8) is 0 Å². The molecule has 144 valence electrons. The third-order valence-corrected chi connectivity index (χ3v) is 5.08. The van der Waals surface area contributed by atoms with Crippen LogP contribution in [0.3, 0.4) is 0 Å². The third kappa shape index (κ3) is 5.06. The van der Waals surface area contributed by atoms with Crippen molar-refractivity contribution >= 4 is 11.7 Å². The van der Waals surface area contributed by atoms with E-state index in [1.807, 2.05) is 17.9 Å². The van der Waals surface area contributed by atoms with E-state index >= 15 is 0 Å². The first-order valence-electron chi connectivity index (χ1n) is 9.86. The highest BCUT2D eigenvalue weighted by atomic mass is 16.2. The molecule has 0 radical (unpaired) electrons. The molecule has 1 fully saturated rings. The molecule has 1 aliphatic heterocycles. The Labute approximate surface area is 162 Å². The third-order valence-electron chi connectivity index (χ3n) is 5.08. The first kappa shape index (κ1) is 19.3. The lowest BCUT2D eigenvalue weighted by atomic mass is 10.1. The van der Waals surface area contributed by atoms with E-state index in [1.54, 1.807) is 0 Å². The number of aromatic nitrogens is 2. The Morgan fingerprint density at radius 2 is 1.70 bits per heavy atom. The summed E-state index contributed by atoms with van der Waals surface area (Å²) in [6.45, 7) is 11.5. The second kappa shape index (κ2) is 8.51. The summed E-state index contributed by atoms with van der Waals surface area (Å²) < 4.78 is 0. The molecule has 1 aromatic heterocycles. The Hall–Kier alpha value is -2.43. The van der Waals surface area contributed by atoms with Gasteiger partial charge in [0.2, 0.25) is 5.91 Å². The van der Waals surface area contributed by atoms with Crippen molar-refractivity contribution in [2.24, 2.45) is 0 Å². The minimum atomic E-state index is 0.247. The lowest BCUT2D eigenvalue weighted by Crippen LogP contribution is -2.49. The number of benzene rings is 1. The smallest absolute Gasteiger partial charge is 0.223 e. The Bertz CT molecular complexity index is 777. The highest BCUT2D eigenvalue weighted by molar-refractivity contribution is 5.76. The van der Waals surface area contributed by atoms with Gasteiger partial charge in [-0.3, -0.25) is 4.79 Å². The van der Waals surface area contributed by atoms with E-state index in [0.717, 1.165) is 49.9 Å². The largest absolute Gasteiger partial charge is 0.353 e. The zero-order chi connectivity index (χ0) is 19.4. The quantitative estimate of drug-likeness (QED) is 0.813. The zero-order valence-electron chi connectivity index (χ0n) is 16.9. The molecule has 1 amide bonds. The van der Waals surface area contributed by atoms with Crippen molar-refractivity contribution < 1.29 is 4.79 Å². The van der Waals surface area contributed by atoms with Gasteiger partial charge in [-0.15, -0.1) is 0 Å². The number of carbonyl (C=O) groups excluding carboxylic acids is 1. The Morgan fingerprint density at radius 3 is 2.33 bits per heavy atom. The summed E-state index contributed by atoms with van der Waals surface area (Å²) in [4.78, 5) is 26.1. The van der Waals surface area contributed by atoms with Crippen LogP contribution in [0.4, 0.5) is 5.82 Å². The van der Waals surface area contributed by atoms with E-state index in [4.69, 9.17) is 4.98 Å². The van der Waals surface area contributed by atoms with Crippen LogP contribution in [0.2, 0.25) is 0 Å². The maximum Gasteiger partial charge on any atom is 0.223 e. The number of anilines is 1. The number of amides is 1. The zero-order valence-corrected chi connectivity index (χ0v) is 16.9. The summed E-state index contributed by atoms with van der Waals surface area (Å²) in [5.74, 6) is 2.44. The topological polar surface area (TPSA) is 49.3 Å². The van der Waals surface area contributed by atoms with Crippen LogP contribution in [-0.4, -0.2) is 47.0 Å². The van der Waals surface area contributed by atoms with Crippen LogP contribution in [0.25, 0.3) is 0 Å². The summed E-state index contributed by atoms with van der Waals surface area (Å²) >= 11 is 0. The maximum absolute atomic E-state index is 12.6. The SMILES string of the molecule is Cc1ccc(CCC(=O)N2CCN(c3cc(C)nc(C(C)C)n3)CC2)cc1. The van der Waals surface area contributed by atoms with Gasteiger partial charge < -0.3 is 9.80 Å². The Kier molecular flexibility index (Phi) is 6.09. The lowest BCUT2D eigenvalue weighted by molar-refractivity contribution is -0.131. The predicted octanol–water partition coefficient (Wildman–Crippen LogP) is 3.50. The number of carbonyl (C=O) groups is 1. The molecule has 0 bridgehead atoms. The highest BCUT2D eigenvalue weighted by Crippen LogP contribution is 2.19. The standard InChI is InChI=1S/C22H30N4O/c1-16(2)22-23-18(4)15-20(24-22)25-11-13-26(14-12-25)21(27)10-9-19-7-5-17(3)6-8-19/h5-8,15-16H,9-14H2,1-4H3. The average Bonchev–Trinajstić information content (AvgIpc) is 2.67. The second-order valence-corrected chi connectivity index (χ2v) is 7.73. The van der Waals surface area contributed by atoms with Gasteiger partial charge in [0.05, 0.1) is 0 Å². The number of hydrogen-bond acceptors (Lipinski definition) is 4. The van der Waals surface area contributed by atoms with Gasteiger partial charge in [-0.2, -0.15) is 0 Å². The summed E-state index contributed by atoms with van der Waals surface area (Å²) in [5.41, 5.74) is 3.48. The number of aryl methyl sites for hydroxylation is 3. The molecule has 1 aliphatic rings. The predicted molar refractivity (Wildman–Crippen MR) is 109 cm³/mol. The monoisotopic (exact) mass is 366 g/mol. The van der Waals surface area contributed by atoms with E-state index in [2.05, 4.69) is 54.9 Å². The van der Waals surface area contributed by atoms with Crippen molar-refractivity contribution in [2.75, 3.05) is 31.1 Å². The van der Waals surface area contributed by atoms with Gasteiger partial charge in [0.25, 0.3) is 0 Å². The van der Waals surface area contributed by atoms with Gasteiger partial charge in [-0.1, -0.05) is 43.7 Å². The minimum absolute atomic E-state index is 0.247. The van der Waals surface area contributed by atoms with Crippen molar-refractivity contribution in [3.8, 4) is 0 Å². The van der Waals surface area contributed by atoms with Gasteiger partial charge in [-0.05, 0) is 25.8 Å². The van der Waals surface area contributed by atoms with Crippen molar-refractivity contribution in [2.45, 2.75) is 46.5 Å². The molecule has 5 heteroatoms. The van der Waals surface area contributed by atoms with E-state index < -0.39 is 0 Å². The molecule has 1 aromatic carbocycles. The summed E-state index contributed by atoms with van der Waals surface area (Å²) in [7, 11) is 0. The average molecular weight is 367 g/mol. The molecule has 0 saturated carbocycles. The molecule has 27 heavy (non-hydrogen) atoms. The summed E-state index contributed by atoms with van der Waals surface area (Å²) in [6, 6.07) is 10.5. The minimum Gasteiger partial charge on any atom is -0.353 e. The fraction of sp³-hybridized carbons (Fsp3) is 0.500. The van der Waals surface area contributed by atoms with Crippen molar-refractivity contribution in [1.29, 1.82) is 0 Å². The molecule has 0 atom stereocenters. The summed E-state index contributed by atoms with van der Waals surface area (Å²) in [6.07, 6.45) is 1.38. The van der Waals surface area contributed by atoms with Crippen molar-refractivity contribution in [1.82, 2.24) is 14.9 Å².